The van der Waals surface area contributed by atoms with Gasteiger partial charge in [0.15, 0.2) is 0 Å². The van der Waals surface area contributed by atoms with Crippen LogP contribution < -0.4 is 0 Å². The molecular formula is C11H18O4. The third-order valence-corrected chi connectivity index (χ3v) is 4.02. The van der Waals surface area contributed by atoms with Crippen LogP contribution in [0.4, 0.5) is 0 Å². The number of carboxylic acids is 2. The number of carbonyl (C=O) groups is 2. The Morgan fingerprint density at radius 2 is 1.80 bits per heavy atom. The minimum atomic E-state index is -1.05. The van der Waals surface area contributed by atoms with Crippen LogP contribution >= 0.6 is 0 Å². The lowest BCUT2D eigenvalue weighted by atomic mass is 9.88. The summed E-state index contributed by atoms with van der Waals surface area (Å²) in [6.07, 6.45) is 1.86. The second-order valence-electron chi connectivity index (χ2n) is 4.57. The van der Waals surface area contributed by atoms with Gasteiger partial charge in [0.05, 0.1) is 11.3 Å². The summed E-state index contributed by atoms with van der Waals surface area (Å²) in [5, 5.41) is 18.3. The van der Waals surface area contributed by atoms with Gasteiger partial charge in [0, 0.05) is 0 Å². The van der Waals surface area contributed by atoms with Gasteiger partial charge < -0.3 is 10.2 Å². The van der Waals surface area contributed by atoms with Crippen LogP contribution in [0.5, 0.6) is 0 Å². The van der Waals surface area contributed by atoms with Crippen molar-refractivity contribution in [1.29, 1.82) is 0 Å². The third-order valence-electron chi connectivity index (χ3n) is 4.02. The van der Waals surface area contributed by atoms with Crippen LogP contribution in [0.25, 0.3) is 0 Å². The summed E-state index contributed by atoms with van der Waals surface area (Å²) >= 11 is 0. The van der Waals surface area contributed by atoms with Crippen molar-refractivity contribution in [1.82, 2.24) is 0 Å². The number of rotatable bonds is 5. The van der Waals surface area contributed by atoms with Crippen LogP contribution in [0.1, 0.15) is 40.0 Å². The fourth-order valence-electron chi connectivity index (χ4n) is 3.26. The molecule has 1 aliphatic carbocycles. The highest BCUT2D eigenvalue weighted by Gasteiger charge is 2.79. The summed E-state index contributed by atoms with van der Waals surface area (Å²) in [6, 6.07) is 0. The molecule has 3 unspecified atom stereocenters. The zero-order chi connectivity index (χ0) is 11.9. The molecular weight excluding hydrogens is 196 g/mol. The second-order valence-corrected chi connectivity index (χ2v) is 4.57. The maximum Gasteiger partial charge on any atom is 0.311 e. The van der Waals surface area contributed by atoms with Crippen LogP contribution in [0.3, 0.4) is 0 Å². The lowest BCUT2D eigenvalue weighted by Gasteiger charge is -2.15. The van der Waals surface area contributed by atoms with Crippen LogP contribution in [0.15, 0.2) is 0 Å². The smallest absolute Gasteiger partial charge is 0.311 e. The predicted octanol–water partition coefficient (Wildman–Crippen LogP) is 1.99. The zero-order valence-corrected chi connectivity index (χ0v) is 9.41. The molecule has 0 saturated heterocycles. The standard InChI is InChI=1S/C11H18O4/c1-4-6-10(3)7(8(12)13)11(10,5-2)9(14)15/h7H,4-6H2,1-3H3,(H,12,13)(H,14,15). The van der Waals surface area contributed by atoms with Gasteiger partial charge in [-0.2, -0.15) is 0 Å². The average molecular weight is 214 g/mol. The molecule has 2 N–H and O–H groups in total. The molecule has 4 heteroatoms. The molecule has 0 radical (unpaired) electrons. The molecule has 0 amide bonds. The number of aliphatic carboxylic acids is 2. The van der Waals surface area contributed by atoms with E-state index in [-0.39, 0.29) is 0 Å². The normalized spacial score (nSPS) is 38.7. The molecule has 1 fully saturated rings. The van der Waals surface area contributed by atoms with E-state index in [9.17, 15) is 14.7 Å². The highest BCUT2D eigenvalue weighted by atomic mass is 16.4. The first-order valence-electron chi connectivity index (χ1n) is 5.34. The van der Waals surface area contributed by atoms with Crippen molar-refractivity contribution >= 4 is 11.9 Å². The first-order valence-corrected chi connectivity index (χ1v) is 5.34. The average Bonchev–Trinajstić information content (AvgIpc) is 2.67. The molecule has 1 aliphatic rings. The van der Waals surface area contributed by atoms with E-state index in [1.807, 2.05) is 6.92 Å². The Bertz CT molecular complexity index is 299. The lowest BCUT2D eigenvalue weighted by molar-refractivity contribution is -0.149. The highest BCUT2D eigenvalue weighted by molar-refractivity contribution is 5.91. The molecule has 15 heavy (non-hydrogen) atoms. The Morgan fingerprint density at radius 1 is 1.27 bits per heavy atom. The third kappa shape index (κ3) is 1.27. The van der Waals surface area contributed by atoms with Crippen molar-refractivity contribution in [3.63, 3.8) is 0 Å². The summed E-state index contributed by atoms with van der Waals surface area (Å²) in [4.78, 5) is 22.3. The molecule has 86 valence electrons. The molecule has 0 aromatic carbocycles. The van der Waals surface area contributed by atoms with Crippen LogP contribution in [0.2, 0.25) is 0 Å². The van der Waals surface area contributed by atoms with Gasteiger partial charge in [-0.05, 0) is 18.3 Å². The van der Waals surface area contributed by atoms with Crippen LogP contribution in [0, 0.1) is 16.7 Å². The van der Waals surface area contributed by atoms with E-state index in [1.54, 1.807) is 13.8 Å². The number of carboxylic acid groups (broad SMARTS) is 2. The van der Waals surface area contributed by atoms with Crippen molar-refractivity contribution in [2.75, 3.05) is 0 Å². The first kappa shape index (κ1) is 12.0. The quantitative estimate of drug-likeness (QED) is 0.733. The Balaban J connectivity index is 3.08. The van der Waals surface area contributed by atoms with Crippen molar-refractivity contribution in [3.05, 3.63) is 0 Å². The van der Waals surface area contributed by atoms with E-state index in [0.717, 1.165) is 6.42 Å². The van der Waals surface area contributed by atoms with E-state index >= 15 is 0 Å². The van der Waals surface area contributed by atoms with Gasteiger partial charge in [-0.1, -0.05) is 27.2 Å². The van der Waals surface area contributed by atoms with E-state index in [0.29, 0.717) is 12.8 Å². The molecule has 0 aromatic rings. The Hall–Kier alpha value is -1.06. The molecule has 0 heterocycles. The Labute approximate surface area is 89.3 Å². The van der Waals surface area contributed by atoms with Gasteiger partial charge in [0.25, 0.3) is 0 Å². The van der Waals surface area contributed by atoms with E-state index < -0.39 is 28.7 Å². The maximum atomic E-state index is 11.3. The topological polar surface area (TPSA) is 74.6 Å². The summed E-state index contributed by atoms with van der Waals surface area (Å²) in [5.41, 5.74) is -1.62. The maximum absolute atomic E-state index is 11.3. The first-order chi connectivity index (χ1) is 6.88. The molecule has 0 aliphatic heterocycles. The minimum Gasteiger partial charge on any atom is -0.481 e. The largest absolute Gasteiger partial charge is 0.481 e. The molecule has 0 aromatic heterocycles. The van der Waals surface area contributed by atoms with E-state index in [1.165, 1.54) is 0 Å². The van der Waals surface area contributed by atoms with Gasteiger partial charge in [0.2, 0.25) is 0 Å². The monoisotopic (exact) mass is 214 g/mol. The molecule has 1 rings (SSSR count). The highest BCUT2D eigenvalue weighted by Crippen LogP contribution is 2.73. The lowest BCUT2D eigenvalue weighted by Crippen LogP contribution is -2.22. The number of hydrogen-bond acceptors (Lipinski definition) is 2. The van der Waals surface area contributed by atoms with Gasteiger partial charge in [-0.25, -0.2) is 0 Å². The SMILES string of the molecule is CCCC1(C)C(C(=O)O)C1(CC)C(=O)O. The van der Waals surface area contributed by atoms with E-state index in [2.05, 4.69) is 0 Å². The van der Waals surface area contributed by atoms with Gasteiger partial charge >= 0.3 is 11.9 Å². The number of hydrogen-bond donors (Lipinski definition) is 2. The van der Waals surface area contributed by atoms with Crippen molar-refractivity contribution < 1.29 is 19.8 Å². The molecule has 0 spiro atoms. The van der Waals surface area contributed by atoms with Crippen molar-refractivity contribution in [2.45, 2.75) is 40.0 Å². The predicted molar refractivity (Wildman–Crippen MR) is 54.5 cm³/mol. The van der Waals surface area contributed by atoms with Gasteiger partial charge in [-0.3, -0.25) is 9.59 Å². The Kier molecular flexibility index (Phi) is 2.81. The second kappa shape index (κ2) is 3.51. The molecule has 4 nitrogen and oxygen atoms in total. The summed E-state index contributed by atoms with van der Waals surface area (Å²) < 4.78 is 0. The summed E-state index contributed by atoms with van der Waals surface area (Å²) in [5.74, 6) is -2.67. The fourth-order valence-corrected chi connectivity index (χ4v) is 3.26. The summed E-state index contributed by atoms with van der Waals surface area (Å²) in [6.45, 7) is 5.49. The van der Waals surface area contributed by atoms with Gasteiger partial charge in [-0.15, -0.1) is 0 Å². The van der Waals surface area contributed by atoms with Crippen LogP contribution in [-0.4, -0.2) is 22.2 Å². The summed E-state index contributed by atoms with van der Waals surface area (Å²) in [7, 11) is 0. The zero-order valence-electron chi connectivity index (χ0n) is 9.41. The molecule has 3 atom stereocenters. The van der Waals surface area contributed by atoms with Gasteiger partial charge in [0.1, 0.15) is 0 Å². The Morgan fingerprint density at radius 3 is 2.00 bits per heavy atom. The molecule has 0 bridgehead atoms. The van der Waals surface area contributed by atoms with E-state index in [4.69, 9.17) is 5.11 Å². The fraction of sp³-hybridized carbons (Fsp3) is 0.818. The minimum absolute atomic E-state index is 0.385. The van der Waals surface area contributed by atoms with Crippen molar-refractivity contribution in [3.8, 4) is 0 Å². The van der Waals surface area contributed by atoms with Crippen molar-refractivity contribution in [2.24, 2.45) is 16.7 Å². The molecule has 1 saturated carbocycles. The van der Waals surface area contributed by atoms with Crippen LogP contribution in [-0.2, 0) is 9.59 Å².